The van der Waals surface area contributed by atoms with Crippen LogP contribution in [-0.2, 0) is 17.8 Å². The fourth-order valence-corrected chi connectivity index (χ4v) is 2.06. The highest BCUT2D eigenvalue weighted by Gasteiger charge is 2.18. The number of hydrogen-bond donors (Lipinski definition) is 1. The molecule has 0 unspecified atom stereocenters. The summed E-state index contributed by atoms with van der Waals surface area (Å²) in [6, 6.07) is 11.2. The van der Waals surface area contributed by atoms with E-state index < -0.39 is 0 Å². The van der Waals surface area contributed by atoms with Gasteiger partial charge in [-0.25, -0.2) is 0 Å². The first-order valence-electron chi connectivity index (χ1n) is 6.37. The van der Waals surface area contributed by atoms with E-state index in [0.29, 0.717) is 18.0 Å². The zero-order valence-electron chi connectivity index (χ0n) is 10.8. The lowest BCUT2D eigenvalue weighted by molar-refractivity contribution is -0.120. The summed E-state index contributed by atoms with van der Waals surface area (Å²) in [6.07, 6.45) is 1.97. The van der Waals surface area contributed by atoms with Crippen LogP contribution in [-0.4, -0.2) is 17.7 Å². The second-order valence-corrected chi connectivity index (χ2v) is 4.43. The lowest BCUT2D eigenvalue weighted by atomic mass is 10.1. The predicted octanol–water partition coefficient (Wildman–Crippen LogP) is 1.67. The van der Waals surface area contributed by atoms with Crippen LogP contribution in [0.2, 0.25) is 0 Å². The number of hydrogen-bond acceptors (Lipinski definition) is 4. The van der Waals surface area contributed by atoms with Crippen molar-refractivity contribution >= 4 is 5.91 Å². The summed E-state index contributed by atoms with van der Waals surface area (Å²) in [5.41, 5.74) is 1.66. The van der Waals surface area contributed by atoms with Gasteiger partial charge in [0.2, 0.25) is 12.7 Å². The number of para-hydroxylation sites is 1. The molecule has 2 heterocycles. The normalized spacial score (nSPS) is 12.2. The van der Waals surface area contributed by atoms with E-state index in [0.717, 1.165) is 11.3 Å². The van der Waals surface area contributed by atoms with Crippen molar-refractivity contribution in [1.82, 2.24) is 10.3 Å². The number of aromatic nitrogens is 1. The van der Waals surface area contributed by atoms with Gasteiger partial charge in [-0.2, -0.15) is 0 Å². The van der Waals surface area contributed by atoms with Crippen molar-refractivity contribution in [2.45, 2.75) is 13.0 Å². The van der Waals surface area contributed by atoms with Crippen LogP contribution in [0.5, 0.6) is 11.5 Å². The largest absolute Gasteiger partial charge is 0.454 e. The lowest BCUT2D eigenvalue weighted by Gasteiger charge is -2.07. The monoisotopic (exact) mass is 270 g/mol. The van der Waals surface area contributed by atoms with Crippen LogP contribution >= 0.6 is 0 Å². The van der Waals surface area contributed by atoms with Gasteiger partial charge in [-0.3, -0.25) is 9.78 Å². The highest BCUT2D eigenvalue weighted by atomic mass is 16.7. The number of benzene rings is 1. The van der Waals surface area contributed by atoms with E-state index in [1.807, 2.05) is 36.4 Å². The molecule has 0 saturated carbocycles. The Morgan fingerprint density at radius 3 is 3.00 bits per heavy atom. The zero-order chi connectivity index (χ0) is 13.8. The minimum atomic E-state index is -0.0699. The van der Waals surface area contributed by atoms with Crippen molar-refractivity contribution in [2.24, 2.45) is 0 Å². The van der Waals surface area contributed by atoms with Gasteiger partial charge in [0.1, 0.15) is 0 Å². The molecule has 5 nitrogen and oxygen atoms in total. The van der Waals surface area contributed by atoms with E-state index >= 15 is 0 Å². The number of pyridine rings is 1. The van der Waals surface area contributed by atoms with Gasteiger partial charge in [0, 0.05) is 11.8 Å². The van der Waals surface area contributed by atoms with Crippen LogP contribution in [0, 0.1) is 0 Å². The summed E-state index contributed by atoms with van der Waals surface area (Å²) in [5, 5.41) is 2.84. The Morgan fingerprint density at radius 1 is 1.20 bits per heavy atom. The predicted molar refractivity (Wildman–Crippen MR) is 72.4 cm³/mol. The summed E-state index contributed by atoms with van der Waals surface area (Å²) >= 11 is 0. The van der Waals surface area contributed by atoms with Crippen LogP contribution in [0.1, 0.15) is 11.3 Å². The van der Waals surface area contributed by atoms with Gasteiger partial charge in [-0.15, -0.1) is 0 Å². The van der Waals surface area contributed by atoms with E-state index in [9.17, 15) is 4.79 Å². The van der Waals surface area contributed by atoms with Crippen LogP contribution in [0.25, 0.3) is 0 Å². The molecule has 0 spiro atoms. The van der Waals surface area contributed by atoms with E-state index in [1.165, 1.54) is 0 Å². The molecule has 0 aliphatic carbocycles. The Morgan fingerprint density at radius 2 is 2.15 bits per heavy atom. The van der Waals surface area contributed by atoms with Gasteiger partial charge in [-0.1, -0.05) is 18.2 Å². The van der Waals surface area contributed by atoms with Crippen molar-refractivity contribution in [1.29, 1.82) is 0 Å². The maximum absolute atomic E-state index is 12.0. The zero-order valence-corrected chi connectivity index (χ0v) is 10.8. The van der Waals surface area contributed by atoms with Gasteiger partial charge < -0.3 is 14.8 Å². The second-order valence-electron chi connectivity index (χ2n) is 4.43. The molecule has 5 heteroatoms. The number of amides is 1. The molecule has 0 radical (unpaired) electrons. The summed E-state index contributed by atoms with van der Waals surface area (Å²) < 4.78 is 10.7. The average molecular weight is 270 g/mol. The third-order valence-corrected chi connectivity index (χ3v) is 3.02. The smallest absolute Gasteiger partial charge is 0.231 e. The molecule has 0 bridgehead atoms. The third kappa shape index (κ3) is 2.71. The Bertz CT molecular complexity index is 614. The molecule has 0 saturated heterocycles. The Kier molecular flexibility index (Phi) is 3.50. The van der Waals surface area contributed by atoms with Gasteiger partial charge in [0.25, 0.3) is 0 Å². The maximum atomic E-state index is 12.0. The molecular weight excluding hydrogens is 256 g/mol. The molecule has 20 heavy (non-hydrogen) atoms. The number of nitrogens with zero attached hydrogens (tertiary/aromatic N) is 1. The molecule has 3 rings (SSSR count). The van der Waals surface area contributed by atoms with Gasteiger partial charge >= 0.3 is 0 Å². The van der Waals surface area contributed by atoms with Crippen LogP contribution in [0.4, 0.5) is 0 Å². The first kappa shape index (κ1) is 12.5. The first-order valence-corrected chi connectivity index (χ1v) is 6.37. The molecule has 1 aliphatic rings. The summed E-state index contributed by atoms with van der Waals surface area (Å²) in [7, 11) is 0. The standard InChI is InChI=1S/C15H14N2O3/c18-14(17-9-12-5-1-2-7-16-12)8-11-4-3-6-13-15(11)20-10-19-13/h1-7H,8-10H2,(H,17,18). The molecule has 0 atom stereocenters. The Balaban J connectivity index is 1.61. The molecule has 0 fully saturated rings. The number of fused-ring (bicyclic) bond motifs is 1. The Hall–Kier alpha value is -2.56. The van der Waals surface area contributed by atoms with Crippen molar-refractivity contribution in [3.8, 4) is 11.5 Å². The van der Waals surface area contributed by atoms with Crippen LogP contribution < -0.4 is 14.8 Å². The van der Waals surface area contributed by atoms with Crippen molar-refractivity contribution in [3.05, 3.63) is 53.9 Å². The van der Waals surface area contributed by atoms with Crippen molar-refractivity contribution in [2.75, 3.05) is 6.79 Å². The summed E-state index contributed by atoms with van der Waals surface area (Å²) in [4.78, 5) is 16.1. The summed E-state index contributed by atoms with van der Waals surface area (Å²) in [6.45, 7) is 0.633. The number of ether oxygens (including phenoxy) is 2. The van der Waals surface area contributed by atoms with Crippen LogP contribution in [0.15, 0.2) is 42.6 Å². The summed E-state index contributed by atoms with van der Waals surface area (Å²) in [5.74, 6) is 1.29. The quantitative estimate of drug-likeness (QED) is 0.918. The molecular formula is C15H14N2O3. The second kappa shape index (κ2) is 5.61. The lowest BCUT2D eigenvalue weighted by Crippen LogP contribution is -2.25. The molecule has 1 N–H and O–H groups in total. The van der Waals surface area contributed by atoms with E-state index in [1.54, 1.807) is 6.20 Å². The van der Waals surface area contributed by atoms with Gasteiger partial charge in [0.15, 0.2) is 11.5 Å². The molecule has 2 aromatic rings. The third-order valence-electron chi connectivity index (χ3n) is 3.02. The number of carbonyl (C=O) groups excluding carboxylic acids is 1. The molecule has 102 valence electrons. The van der Waals surface area contributed by atoms with Crippen LogP contribution in [0.3, 0.4) is 0 Å². The minimum absolute atomic E-state index is 0.0699. The Labute approximate surface area is 116 Å². The minimum Gasteiger partial charge on any atom is -0.454 e. The SMILES string of the molecule is O=C(Cc1cccc2c1OCO2)NCc1ccccn1. The van der Waals surface area contributed by atoms with E-state index in [2.05, 4.69) is 10.3 Å². The van der Waals surface area contributed by atoms with Gasteiger partial charge in [0.05, 0.1) is 18.7 Å². The van der Waals surface area contributed by atoms with Crippen molar-refractivity contribution < 1.29 is 14.3 Å². The van der Waals surface area contributed by atoms with Crippen molar-refractivity contribution in [3.63, 3.8) is 0 Å². The highest BCUT2D eigenvalue weighted by Crippen LogP contribution is 2.35. The number of carbonyl (C=O) groups is 1. The fraction of sp³-hybridized carbons (Fsp3) is 0.200. The van der Waals surface area contributed by atoms with E-state index in [-0.39, 0.29) is 19.1 Å². The highest BCUT2D eigenvalue weighted by molar-refractivity contribution is 5.79. The number of rotatable bonds is 4. The average Bonchev–Trinajstić information content (AvgIpc) is 2.96. The molecule has 1 aromatic heterocycles. The number of nitrogens with one attached hydrogen (secondary N) is 1. The topological polar surface area (TPSA) is 60.5 Å². The molecule has 1 aromatic carbocycles. The molecule has 1 amide bonds. The first-order chi connectivity index (χ1) is 9.83. The van der Waals surface area contributed by atoms with E-state index in [4.69, 9.17) is 9.47 Å². The fourth-order valence-electron chi connectivity index (χ4n) is 2.06. The van der Waals surface area contributed by atoms with Gasteiger partial charge in [-0.05, 0) is 18.2 Å². The molecule has 1 aliphatic heterocycles. The maximum Gasteiger partial charge on any atom is 0.231 e.